The van der Waals surface area contributed by atoms with Crippen molar-refractivity contribution in [1.29, 1.82) is 0 Å². The molecule has 0 nitrogen and oxygen atoms in total. The molecule has 0 aliphatic rings. The Kier molecular flexibility index (Phi) is 2.50. The second-order valence-electron chi connectivity index (χ2n) is 1.98. The maximum atomic E-state index is 12.5. The van der Waals surface area contributed by atoms with Gasteiger partial charge >= 0.3 is 5.38 Å². The lowest BCUT2D eigenvalue weighted by molar-refractivity contribution is 0.0943. The summed E-state index contributed by atoms with van der Waals surface area (Å²) in [7, 11) is 0. The van der Waals surface area contributed by atoms with E-state index in [0.717, 1.165) is 0 Å². The largest absolute Gasteiger partial charge is 0.349 e. The maximum Gasteiger partial charge on any atom is 0.349 e. The average molecular weight is 241 g/mol. The summed E-state index contributed by atoms with van der Waals surface area (Å²) in [6.07, 6.45) is 0. The fraction of sp³-hybridized carbons (Fsp3) is 0.143. The highest BCUT2D eigenvalue weighted by atomic mass is 79.9. The van der Waals surface area contributed by atoms with Crippen LogP contribution in [-0.2, 0) is 5.38 Å². The first-order valence-corrected chi connectivity index (χ1v) is 4.00. The topological polar surface area (TPSA) is 0 Å². The second kappa shape index (κ2) is 3.07. The first-order valence-electron chi connectivity index (χ1n) is 2.83. The van der Waals surface area contributed by atoms with E-state index in [4.69, 9.17) is 11.6 Å². The summed E-state index contributed by atoms with van der Waals surface area (Å²) in [5.74, 6) is 0. The summed E-state index contributed by atoms with van der Waals surface area (Å²) in [4.78, 5) is 0. The molecule has 1 rings (SSSR count). The minimum atomic E-state index is -3.29. The van der Waals surface area contributed by atoms with Crippen LogP contribution in [0.4, 0.5) is 8.78 Å². The van der Waals surface area contributed by atoms with Crippen LogP contribution in [0.2, 0.25) is 0 Å². The van der Waals surface area contributed by atoms with E-state index in [9.17, 15) is 8.78 Å². The molecular formula is C7H4BrClF2. The zero-order valence-corrected chi connectivity index (χ0v) is 7.66. The van der Waals surface area contributed by atoms with Crippen molar-refractivity contribution in [1.82, 2.24) is 0 Å². The third-order valence-corrected chi connectivity index (χ3v) is 2.07. The lowest BCUT2D eigenvalue weighted by Crippen LogP contribution is -2.03. The van der Waals surface area contributed by atoms with Crippen molar-refractivity contribution in [2.75, 3.05) is 0 Å². The fourth-order valence-corrected chi connectivity index (χ4v) is 1.50. The van der Waals surface area contributed by atoms with Gasteiger partial charge in [0.2, 0.25) is 0 Å². The SMILES string of the molecule is FC(F)(Cl)c1ccccc1Br. The van der Waals surface area contributed by atoms with E-state index in [-0.39, 0.29) is 5.56 Å². The number of hydrogen-bond donors (Lipinski definition) is 0. The maximum absolute atomic E-state index is 12.5. The normalized spacial score (nSPS) is 11.6. The molecule has 4 heteroatoms. The summed E-state index contributed by atoms with van der Waals surface area (Å²) in [5.41, 5.74) is -0.207. The van der Waals surface area contributed by atoms with Gasteiger partial charge in [0, 0.05) is 4.47 Å². The van der Waals surface area contributed by atoms with E-state index < -0.39 is 5.38 Å². The van der Waals surface area contributed by atoms with Crippen molar-refractivity contribution in [3.8, 4) is 0 Å². The molecule has 0 unspecified atom stereocenters. The van der Waals surface area contributed by atoms with E-state index in [1.807, 2.05) is 0 Å². The molecule has 1 aromatic carbocycles. The molecule has 0 fully saturated rings. The molecule has 0 bridgehead atoms. The number of benzene rings is 1. The molecule has 0 aromatic heterocycles. The molecular weight excluding hydrogens is 237 g/mol. The predicted molar refractivity (Wildman–Crippen MR) is 43.9 cm³/mol. The van der Waals surface area contributed by atoms with E-state index in [1.54, 1.807) is 6.07 Å². The average Bonchev–Trinajstić information content (AvgIpc) is 1.86. The van der Waals surface area contributed by atoms with Crippen LogP contribution in [-0.4, -0.2) is 0 Å². The molecule has 0 saturated heterocycles. The molecule has 0 amide bonds. The van der Waals surface area contributed by atoms with Crippen LogP contribution in [0.3, 0.4) is 0 Å². The molecule has 0 heterocycles. The Labute approximate surface area is 76.3 Å². The third kappa shape index (κ3) is 2.14. The van der Waals surface area contributed by atoms with Crippen molar-refractivity contribution >= 4 is 27.5 Å². The highest BCUT2D eigenvalue weighted by Gasteiger charge is 2.29. The Morgan fingerprint density at radius 2 is 1.82 bits per heavy atom. The lowest BCUT2D eigenvalue weighted by atomic mass is 10.2. The highest BCUT2D eigenvalue weighted by Crippen LogP contribution is 2.36. The van der Waals surface area contributed by atoms with Gasteiger partial charge in [0.15, 0.2) is 0 Å². The van der Waals surface area contributed by atoms with Crippen LogP contribution in [0, 0.1) is 0 Å². The van der Waals surface area contributed by atoms with Gasteiger partial charge in [-0.15, -0.1) is 0 Å². The van der Waals surface area contributed by atoms with Gasteiger partial charge in [-0.1, -0.05) is 34.1 Å². The number of halogens is 4. The van der Waals surface area contributed by atoms with E-state index in [0.29, 0.717) is 4.47 Å². The first kappa shape index (κ1) is 8.94. The number of alkyl halides is 3. The predicted octanol–water partition coefficient (Wildman–Crippen LogP) is 3.74. The quantitative estimate of drug-likeness (QED) is 0.657. The summed E-state index contributed by atoms with van der Waals surface area (Å²) >= 11 is 7.77. The Hall–Kier alpha value is -0.150. The number of hydrogen-bond acceptors (Lipinski definition) is 0. The first-order chi connectivity index (χ1) is 5.02. The highest BCUT2D eigenvalue weighted by molar-refractivity contribution is 9.10. The molecule has 0 spiro atoms. The van der Waals surface area contributed by atoms with E-state index in [1.165, 1.54) is 18.2 Å². The smallest absolute Gasteiger partial charge is 0.183 e. The molecule has 0 radical (unpaired) electrons. The molecule has 60 valence electrons. The zero-order valence-electron chi connectivity index (χ0n) is 5.32. The third-order valence-electron chi connectivity index (χ3n) is 1.18. The monoisotopic (exact) mass is 240 g/mol. The molecule has 0 aliphatic heterocycles. The Morgan fingerprint density at radius 3 is 2.18 bits per heavy atom. The van der Waals surface area contributed by atoms with Gasteiger partial charge in [0.25, 0.3) is 0 Å². The molecule has 0 atom stereocenters. The molecule has 0 aliphatic carbocycles. The molecule has 1 aromatic rings. The van der Waals surface area contributed by atoms with Gasteiger partial charge in [0.05, 0.1) is 5.56 Å². The van der Waals surface area contributed by atoms with Gasteiger partial charge < -0.3 is 0 Å². The Balaban J connectivity index is 3.14. The summed E-state index contributed by atoms with van der Waals surface area (Å²) in [5, 5.41) is -3.29. The second-order valence-corrected chi connectivity index (χ2v) is 3.31. The van der Waals surface area contributed by atoms with Crippen LogP contribution < -0.4 is 0 Å². The van der Waals surface area contributed by atoms with Crippen molar-refractivity contribution in [3.05, 3.63) is 34.3 Å². The Morgan fingerprint density at radius 1 is 1.27 bits per heavy atom. The fourth-order valence-electron chi connectivity index (χ4n) is 0.691. The van der Waals surface area contributed by atoms with Crippen molar-refractivity contribution in [2.45, 2.75) is 5.38 Å². The van der Waals surface area contributed by atoms with Crippen LogP contribution in [0.5, 0.6) is 0 Å². The minimum absolute atomic E-state index is 0.207. The number of rotatable bonds is 1. The molecule has 11 heavy (non-hydrogen) atoms. The van der Waals surface area contributed by atoms with Crippen molar-refractivity contribution in [2.24, 2.45) is 0 Å². The summed E-state index contributed by atoms with van der Waals surface area (Å²) < 4.78 is 25.2. The van der Waals surface area contributed by atoms with Gasteiger partial charge in [-0.2, -0.15) is 8.78 Å². The summed E-state index contributed by atoms with van der Waals surface area (Å²) in [6, 6.07) is 5.95. The molecule has 0 saturated carbocycles. The molecule has 0 N–H and O–H groups in total. The van der Waals surface area contributed by atoms with Crippen LogP contribution >= 0.6 is 27.5 Å². The van der Waals surface area contributed by atoms with Crippen molar-refractivity contribution in [3.63, 3.8) is 0 Å². The van der Waals surface area contributed by atoms with Gasteiger partial charge in [-0.3, -0.25) is 0 Å². The van der Waals surface area contributed by atoms with Crippen LogP contribution in [0.15, 0.2) is 28.7 Å². The minimum Gasteiger partial charge on any atom is -0.183 e. The van der Waals surface area contributed by atoms with Crippen LogP contribution in [0.1, 0.15) is 5.56 Å². The van der Waals surface area contributed by atoms with Gasteiger partial charge in [-0.25, -0.2) is 0 Å². The zero-order chi connectivity index (χ0) is 8.48. The standard InChI is InChI=1S/C7H4BrClF2/c8-6-4-2-1-3-5(6)7(9,10)11/h1-4H. The van der Waals surface area contributed by atoms with Crippen molar-refractivity contribution < 1.29 is 8.78 Å². The Bertz CT molecular complexity index is 257. The van der Waals surface area contributed by atoms with Crippen LogP contribution in [0.25, 0.3) is 0 Å². The summed E-state index contributed by atoms with van der Waals surface area (Å²) in [6.45, 7) is 0. The van der Waals surface area contributed by atoms with E-state index in [2.05, 4.69) is 15.9 Å². The van der Waals surface area contributed by atoms with E-state index >= 15 is 0 Å². The van der Waals surface area contributed by atoms with Gasteiger partial charge in [-0.05, 0) is 17.7 Å². The lowest BCUT2D eigenvalue weighted by Gasteiger charge is -2.08. The van der Waals surface area contributed by atoms with Gasteiger partial charge in [0.1, 0.15) is 0 Å².